The van der Waals surface area contributed by atoms with E-state index in [0.717, 1.165) is 18.7 Å². The Balaban J connectivity index is 1.91. The Morgan fingerprint density at radius 2 is 2.29 bits per heavy atom. The van der Waals surface area contributed by atoms with Gasteiger partial charge in [0.05, 0.1) is 0 Å². The fourth-order valence-corrected chi connectivity index (χ4v) is 1.47. The zero-order valence-corrected chi connectivity index (χ0v) is 10.1. The third kappa shape index (κ3) is 3.69. The summed E-state index contributed by atoms with van der Waals surface area (Å²) in [6, 6.07) is 2.24. The quantitative estimate of drug-likeness (QED) is 0.733. The summed E-state index contributed by atoms with van der Waals surface area (Å²) >= 11 is 0. The average Bonchev–Trinajstić information content (AvgIpc) is 3.13. The standard InChI is InChI=1S/C12H18N4O/c1-2-3-6-13-12(17)10-7-11(15-8-14-10)16-9-4-5-9/h7-9H,2-6H2,1H3,(H,13,17)(H,14,15,16). The predicted octanol–water partition coefficient (Wildman–Crippen LogP) is 1.58. The first-order valence-corrected chi connectivity index (χ1v) is 6.16. The molecule has 0 bridgehead atoms. The molecule has 2 N–H and O–H groups in total. The zero-order valence-electron chi connectivity index (χ0n) is 10.1. The highest BCUT2D eigenvalue weighted by Crippen LogP contribution is 2.23. The SMILES string of the molecule is CCCCNC(=O)c1cc(NC2CC2)ncn1. The fraction of sp³-hybridized carbons (Fsp3) is 0.583. The van der Waals surface area contributed by atoms with Crippen LogP contribution in [0.2, 0.25) is 0 Å². The molecule has 0 atom stereocenters. The van der Waals surface area contributed by atoms with Gasteiger partial charge in [0.25, 0.3) is 5.91 Å². The number of carbonyl (C=O) groups is 1. The highest BCUT2D eigenvalue weighted by molar-refractivity contribution is 5.92. The normalized spacial score (nSPS) is 14.4. The number of carbonyl (C=O) groups excluding carboxylic acids is 1. The van der Waals surface area contributed by atoms with Crippen molar-refractivity contribution in [2.24, 2.45) is 0 Å². The molecule has 0 saturated heterocycles. The van der Waals surface area contributed by atoms with Gasteiger partial charge in [0.2, 0.25) is 0 Å². The second-order valence-corrected chi connectivity index (χ2v) is 4.32. The molecule has 2 rings (SSSR count). The molecule has 1 aliphatic carbocycles. The maximum atomic E-state index is 11.7. The molecule has 0 radical (unpaired) electrons. The van der Waals surface area contributed by atoms with Crippen LogP contribution in [0.1, 0.15) is 43.1 Å². The smallest absolute Gasteiger partial charge is 0.270 e. The van der Waals surface area contributed by atoms with Gasteiger partial charge in [-0.2, -0.15) is 0 Å². The van der Waals surface area contributed by atoms with Crippen molar-refractivity contribution in [1.29, 1.82) is 0 Å². The van der Waals surface area contributed by atoms with Crippen molar-refractivity contribution in [3.8, 4) is 0 Å². The molecule has 1 fully saturated rings. The minimum atomic E-state index is -0.125. The lowest BCUT2D eigenvalue weighted by atomic mass is 10.3. The Labute approximate surface area is 101 Å². The molecule has 0 aliphatic heterocycles. The van der Waals surface area contributed by atoms with Crippen LogP contribution in [-0.2, 0) is 0 Å². The van der Waals surface area contributed by atoms with Gasteiger partial charge < -0.3 is 10.6 Å². The first kappa shape index (κ1) is 11.8. The molecule has 1 aromatic rings. The summed E-state index contributed by atoms with van der Waals surface area (Å²) in [6.07, 6.45) is 5.85. The lowest BCUT2D eigenvalue weighted by Crippen LogP contribution is -2.25. The summed E-state index contributed by atoms with van der Waals surface area (Å²) < 4.78 is 0. The largest absolute Gasteiger partial charge is 0.367 e. The monoisotopic (exact) mass is 234 g/mol. The number of rotatable bonds is 6. The van der Waals surface area contributed by atoms with Crippen molar-refractivity contribution in [2.45, 2.75) is 38.6 Å². The van der Waals surface area contributed by atoms with E-state index in [4.69, 9.17) is 0 Å². The molecule has 1 saturated carbocycles. The highest BCUT2D eigenvalue weighted by Gasteiger charge is 2.21. The number of unbranched alkanes of at least 4 members (excludes halogenated alkanes) is 1. The molecule has 0 unspecified atom stereocenters. The fourth-order valence-electron chi connectivity index (χ4n) is 1.47. The van der Waals surface area contributed by atoms with Gasteiger partial charge >= 0.3 is 0 Å². The second kappa shape index (κ2) is 5.61. The highest BCUT2D eigenvalue weighted by atomic mass is 16.1. The van der Waals surface area contributed by atoms with E-state index in [2.05, 4.69) is 27.5 Å². The Bertz CT molecular complexity index is 390. The maximum Gasteiger partial charge on any atom is 0.270 e. The number of hydrogen-bond acceptors (Lipinski definition) is 4. The van der Waals surface area contributed by atoms with Crippen LogP contribution in [0.4, 0.5) is 5.82 Å². The first-order valence-electron chi connectivity index (χ1n) is 6.16. The lowest BCUT2D eigenvalue weighted by molar-refractivity contribution is 0.0948. The molecule has 17 heavy (non-hydrogen) atoms. The van der Waals surface area contributed by atoms with Gasteiger partial charge in [-0.05, 0) is 19.3 Å². The van der Waals surface area contributed by atoms with E-state index in [9.17, 15) is 4.79 Å². The molecular formula is C12H18N4O. The van der Waals surface area contributed by atoms with Crippen molar-refractivity contribution >= 4 is 11.7 Å². The van der Waals surface area contributed by atoms with Crippen LogP contribution in [0.25, 0.3) is 0 Å². The minimum Gasteiger partial charge on any atom is -0.367 e. The molecule has 1 aromatic heterocycles. The topological polar surface area (TPSA) is 66.9 Å². The van der Waals surface area contributed by atoms with Gasteiger partial charge in [-0.1, -0.05) is 13.3 Å². The molecule has 0 aromatic carbocycles. The van der Waals surface area contributed by atoms with Crippen molar-refractivity contribution in [3.63, 3.8) is 0 Å². The maximum absolute atomic E-state index is 11.7. The van der Waals surface area contributed by atoms with E-state index < -0.39 is 0 Å². The third-order valence-corrected chi connectivity index (χ3v) is 2.64. The Hall–Kier alpha value is -1.65. The van der Waals surface area contributed by atoms with Crippen LogP contribution >= 0.6 is 0 Å². The summed E-state index contributed by atoms with van der Waals surface area (Å²) in [5.41, 5.74) is 0.430. The average molecular weight is 234 g/mol. The molecule has 5 nitrogen and oxygen atoms in total. The van der Waals surface area contributed by atoms with Gasteiger partial charge in [0.1, 0.15) is 17.8 Å². The van der Waals surface area contributed by atoms with Crippen molar-refractivity contribution in [1.82, 2.24) is 15.3 Å². The van der Waals surface area contributed by atoms with Gasteiger partial charge in [-0.3, -0.25) is 4.79 Å². The summed E-state index contributed by atoms with van der Waals surface area (Å²) in [7, 11) is 0. The van der Waals surface area contributed by atoms with E-state index in [-0.39, 0.29) is 5.91 Å². The van der Waals surface area contributed by atoms with E-state index in [1.807, 2.05) is 0 Å². The Morgan fingerprint density at radius 3 is 3.00 bits per heavy atom. The van der Waals surface area contributed by atoms with Gasteiger partial charge in [0.15, 0.2) is 0 Å². The third-order valence-electron chi connectivity index (χ3n) is 2.64. The molecule has 92 valence electrons. The summed E-state index contributed by atoms with van der Waals surface area (Å²) in [5, 5.41) is 6.09. The molecule has 5 heteroatoms. The number of hydrogen-bond donors (Lipinski definition) is 2. The predicted molar refractivity (Wildman–Crippen MR) is 65.9 cm³/mol. The van der Waals surface area contributed by atoms with E-state index in [1.54, 1.807) is 6.07 Å². The summed E-state index contributed by atoms with van der Waals surface area (Å²) in [6.45, 7) is 2.79. The van der Waals surface area contributed by atoms with Gasteiger partial charge in [0, 0.05) is 18.7 Å². The lowest BCUT2D eigenvalue weighted by Gasteiger charge is -2.06. The van der Waals surface area contributed by atoms with Gasteiger partial charge in [-0.25, -0.2) is 9.97 Å². The number of anilines is 1. The van der Waals surface area contributed by atoms with Crippen LogP contribution in [0, 0.1) is 0 Å². The number of amides is 1. The summed E-state index contributed by atoms with van der Waals surface area (Å²) in [4.78, 5) is 19.8. The van der Waals surface area contributed by atoms with E-state index in [0.29, 0.717) is 18.3 Å². The van der Waals surface area contributed by atoms with E-state index >= 15 is 0 Å². The number of nitrogens with zero attached hydrogens (tertiary/aromatic N) is 2. The van der Waals surface area contributed by atoms with Gasteiger partial charge in [-0.15, -0.1) is 0 Å². The molecule has 1 amide bonds. The van der Waals surface area contributed by atoms with Crippen LogP contribution in [0.5, 0.6) is 0 Å². The van der Waals surface area contributed by atoms with Crippen molar-refractivity contribution < 1.29 is 4.79 Å². The minimum absolute atomic E-state index is 0.125. The number of aromatic nitrogens is 2. The zero-order chi connectivity index (χ0) is 12.1. The second-order valence-electron chi connectivity index (χ2n) is 4.32. The molecular weight excluding hydrogens is 216 g/mol. The molecule has 0 spiro atoms. The van der Waals surface area contributed by atoms with Crippen LogP contribution in [0.3, 0.4) is 0 Å². The molecule has 1 aliphatic rings. The van der Waals surface area contributed by atoms with Crippen LogP contribution in [-0.4, -0.2) is 28.5 Å². The Morgan fingerprint density at radius 1 is 1.47 bits per heavy atom. The van der Waals surface area contributed by atoms with Crippen molar-refractivity contribution in [2.75, 3.05) is 11.9 Å². The van der Waals surface area contributed by atoms with Crippen LogP contribution in [0.15, 0.2) is 12.4 Å². The summed E-state index contributed by atoms with van der Waals surface area (Å²) in [5.74, 6) is 0.614. The number of nitrogens with one attached hydrogen (secondary N) is 2. The Kier molecular flexibility index (Phi) is 3.90. The van der Waals surface area contributed by atoms with Crippen molar-refractivity contribution in [3.05, 3.63) is 18.1 Å². The first-order chi connectivity index (χ1) is 8.29. The van der Waals surface area contributed by atoms with Crippen LogP contribution < -0.4 is 10.6 Å². The molecule has 1 heterocycles. The van der Waals surface area contributed by atoms with E-state index in [1.165, 1.54) is 19.2 Å².